The number of hydrogen-bond acceptors (Lipinski definition) is 8. The van der Waals surface area contributed by atoms with Gasteiger partial charge in [-0.25, -0.2) is 9.67 Å². The van der Waals surface area contributed by atoms with Gasteiger partial charge in [-0.15, -0.1) is 5.10 Å². The molecule has 0 unspecified atom stereocenters. The maximum Gasteiger partial charge on any atom is 0.257 e. The second-order valence-corrected chi connectivity index (χ2v) is 8.63. The number of benzene rings is 1. The van der Waals surface area contributed by atoms with Crippen LogP contribution in [0.4, 0.5) is 17.3 Å². The molecular formula is C22H25N9O2. The first-order valence-corrected chi connectivity index (χ1v) is 11.2. The Labute approximate surface area is 189 Å². The van der Waals surface area contributed by atoms with Crippen molar-refractivity contribution in [2.24, 2.45) is 7.05 Å². The Balaban J connectivity index is 1.55. The maximum absolute atomic E-state index is 13.2. The summed E-state index contributed by atoms with van der Waals surface area (Å²) in [5.41, 5.74) is 4.32. The lowest BCUT2D eigenvalue weighted by molar-refractivity contribution is -0.00455. The molecule has 170 valence electrons. The number of carbonyl (C=O) groups is 1. The van der Waals surface area contributed by atoms with E-state index in [1.54, 1.807) is 15.4 Å². The molecule has 1 aliphatic carbocycles. The summed E-state index contributed by atoms with van der Waals surface area (Å²) in [6.07, 6.45) is 5.45. The van der Waals surface area contributed by atoms with Gasteiger partial charge in [0.05, 0.1) is 36.2 Å². The van der Waals surface area contributed by atoms with Crippen LogP contribution in [0.25, 0.3) is 16.7 Å². The first-order valence-electron chi connectivity index (χ1n) is 11.2. The molecule has 1 amide bonds. The van der Waals surface area contributed by atoms with Gasteiger partial charge < -0.3 is 20.7 Å². The van der Waals surface area contributed by atoms with Crippen LogP contribution in [-0.2, 0) is 18.4 Å². The fourth-order valence-corrected chi connectivity index (χ4v) is 4.78. The molecule has 1 aromatic carbocycles. The second kappa shape index (κ2) is 7.69. The highest BCUT2D eigenvalue weighted by molar-refractivity contribution is 6.00. The molecule has 2 atom stereocenters. The van der Waals surface area contributed by atoms with E-state index in [2.05, 4.69) is 31.4 Å². The number of rotatable bonds is 1. The predicted molar refractivity (Wildman–Crippen MR) is 123 cm³/mol. The van der Waals surface area contributed by atoms with E-state index < -0.39 is 0 Å². The molecule has 11 heteroatoms. The largest absolute Gasteiger partial charge is 0.373 e. The average molecular weight is 448 g/mol. The molecule has 4 bridgehead atoms. The molecular weight excluding hydrogens is 422 g/mol. The number of amides is 1. The molecule has 1 fully saturated rings. The quantitative estimate of drug-likeness (QED) is 0.406. The summed E-state index contributed by atoms with van der Waals surface area (Å²) in [6, 6.07) is 5.86. The lowest BCUT2D eigenvalue weighted by atomic mass is 9.92. The molecule has 6 rings (SSSR count). The molecule has 4 aromatic rings. The first kappa shape index (κ1) is 19.9. The third-order valence-corrected chi connectivity index (χ3v) is 6.50. The van der Waals surface area contributed by atoms with Crippen LogP contribution in [0.15, 0.2) is 24.4 Å². The van der Waals surface area contributed by atoms with Gasteiger partial charge in [-0.05, 0) is 30.5 Å². The smallest absolute Gasteiger partial charge is 0.257 e. The van der Waals surface area contributed by atoms with Gasteiger partial charge in [0.2, 0.25) is 0 Å². The third kappa shape index (κ3) is 3.35. The van der Waals surface area contributed by atoms with Crippen LogP contribution in [0.1, 0.15) is 41.6 Å². The lowest BCUT2D eigenvalue weighted by Gasteiger charge is -2.32. The van der Waals surface area contributed by atoms with Gasteiger partial charge in [-0.1, -0.05) is 18.1 Å². The summed E-state index contributed by atoms with van der Waals surface area (Å²) in [5, 5.41) is 22.6. The van der Waals surface area contributed by atoms with Crippen LogP contribution in [0.5, 0.6) is 0 Å². The Morgan fingerprint density at radius 2 is 2.09 bits per heavy atom. The average Bonchev–Trinajstić information content (AvgIpc) is 3.41. The highest BCUT2D eigenvalue weighted by atomic mass is 16.5. The van der Waals surface area contributed by atoms with Crippen molar-refractivity contribution in [2.75, 3.05) is 17.7 Å². The zero-order chi connectivity index (χ0) is 22.5. The van der Waals surface area contributed by atoms with Crippen LogP contribution in [0.3, 0.4) is 0 Å². The minimum atomic E-state index is -0.191. The summed E-state index contributed by atoms with van der Waals surface area (Å²) < 4.78 is 9.73. The van der Waals surface area contributed by atoms with Crippen molar-refractivity contribution in [3.63, 3.8) is 0 Å². The van der Waals surface area contributed by atoms with Crippen LogP contribution in [0.2, 0.25) is 0 Å². The molecule has 3 aromatic heterocycles. The topological polar surface area (TPSA) is 123 Å². The molecule has 2 aliphatic rings. The molecule has 0 spiro atoms. The van der Waals surface area contributed by atoms with Crippen LogP contribution in [0, 0.1) is 0 Å². The third-order valence-electron chi connectivity index (χ3n) is 6.50. The van der Waals surface area contributed by atoms with Gasteiger partial charge in [0, 0.05) is 20.2 Å². The number of ether oxygens (including phenoxy) is 1. The van der Waals surface area contributed by atoms with Crippen LogP contribution < -0.4 is 16.0 Å². The highest BCUT2D eigenvalue weighted by Gasteiger charge is 2.29. The van der Waals surface area contributed by atoms with Crippen molar-refractivity contribution in [2.45, 2.75) is 44.4 Å². The number of aryl methyl sites for hydroxylation is 1. The zero-order valence-electron chi connectivity index (χ0n) is 18.5. The molecule has 0 saturated heterocycles. The molecule has 1 saturated carbocycles. The normalized spacial score (nSPS) is 20.8. The van der Waals surface area contributed by atoms with E-state index >= 15 is 0 Å². The Morgan fingerprint density at radius 1 is 1.21 bits per heavy atom. The van der Waals surface area contributed by atoms with Gasteiger partial charge in [0.15, 0.2) is 5.65 Å². The number of hydrogen-bond donors (Lipinski definition) is 3. The molecule has 1 aliphatic heterocycles. The summed E-state index contributed by atoms with van der Waals surface area (Å²) in [5.74, 6) is 1.09. The number of aromatic nitrogens is 6. The molecule has 3 N–H and O–H groups in total. The van der Waals surface area contributed by atoms with Crippen LogP contribution >= 0.6 is 0 Å². The maximum atomic E-state index is 13.2. The van der Waals surface area contributed by atoms with E-state index in [0.717, 1.165) is 48.0 Å². The van der Waals surface area contributed by atoms with Crippen LogP contribution in [-0.4, -0.2) is 54.7 Å². The fourth-order valence-electron chi connectivity index (χ4n) is 4.78. The van der Waals surface area contributed by atoms with E-state index in [-0.39, 0.29) is 18.1 Å². The van der Waals surface area contributed by atoms with E-state index in [1.807, 2.05) is 32.3 Å². The molecule has 11 nitrogen and oxygen atoms in total. The first-order chi connectivity index (χ1) is 16.1. The van der Waals surface area contributed by atoms with Crippen molar-refractivity contribution in [1.82, 2.24) is 34.9 Å². The SMILES string of the molecule is CNc1cc2nc3c(cnn13)C(=O)N[C@@H]1CCCC[C@H]1OCc1cc(c3nnn(C)c3c1)N2. The Kier molecular flexibility index (Phi) is 4.64. The van der Waals surface area contributed by atoms with Gasteiger partial charge >= 0.3 is 0 Å². The van der Waals surface area contributed by atoms with Gasteiger partial charge in [-0.2, -0.15) is 9.61 Å². The Morgan fingerprint density at radius 3 is 2.97 bits per heavy atom. The van der Waals surface area contributed by atoms with Crippen molar-refractivity contribution in [1.29, 1.82) is 0 Å². The number of carbonyl (C=O) groups excluding carboxylic acids is 1. The number of nitrogens with one attached hydrogen (secondary N) is 3. The standard InChI is InChI=1S/C22H25N9O2/c1-23-19-9-18-25-15-7-12(8-16-20(15)28-29-30(16)2)11-33-17-6-4-3-5-14(17)26-22(32)13-10-24-31(19)21(13)27-18/h7-10,14,17,23H,3-6,11H2,1-2H3,(H,25,27)(H,26,32)/t14-,17-/m1/s1. The summed E-state index contributed by atoms with van der Waals surface area (Å²) in [6.45, 7) is 0.431. The van der Waals surface area contributed by atoms with Crippen molar-refractivity contribution < 1.29 is 9.53 Å². The second-order valence-electron chi connectivity index (χ2n) is 8.63. The highest BCUT2D eigenvalue weighted by Crippen LogP contribution is 2.30. The Hall–Kier alpha value is -3.73. The predicted octanol–water partition coefficient (Wildman–Crippen LogP) is 2.37. The van der Waals surface area contributed by atoms with Gasteiger partial charge in [-0.3, -0.25) is 4.79 Å². The van der Waals surface area contributed by atoms with Gasteiger partial charge in [0.25, 0.3) is 5.91 Å². The van der Waals surface area contributed by atoms with Crippen molar-refractivity contribution in [3.8, 4) is 0 Å². The van der Waals surface area contributed by atoms with Gasteiger partial charge in [0.1, 0.15) is 22.7 Å². The van der Waals surface area contributed by atoms with E-state index in [9.17, 15) is 4.79 Å². The molecule has 4 heterocycles. The number of nitrogens with zero attached hydrogens (tertiary/aromatic N) is 6. The van der Waals surface area contributed by atoms with E-state index in [0.29, 0.717) is 29.5 Å². The monoisotopic (exact) mass is 447 g/mol. The number of anilines is 3. The lowest BCUT2D eigenvalue weighted by Crippen LogP contribution is -2.46. The summed E-state index contributed by atoms with van der Waals surface area (Å²) in [4.78, 5) is 18.0. The number of fused-ring (bicyclic) bond motifs is 6. The summed E-state index contributed by atoms with van der Waals surface area (Å²) >= 11 is 0. The minimum absolute atomic E-state index is 0.0550. The summed E-state index contributed by atoms with van der Waals surface area (Å²) in [7, 11) is 3.68. The van der Waals surface area contributed by atoms with E-state index in [4.69, 9.17) is 9.72 Å². The Bertz CT molecular complexity index is 1380. The van der Waals surface area contributed by atoms with Crippen molar-refractivity contribution in [3.05, 3.63) is 35.5 Å². The minimum Gasteiger partial charge on any atom is -0.373 e. The van der Waals surface area contributed by atoms with Crippen molar-refractivity contribution >= 4 is 39.9 Å². The fraction of sp³-hybridized carbons (Fsp3) is 0.409. The van der Waals surface area contributed by atoms with E-state index in [1.165, 1.54) is 0 Å². The zero-order valence-corrected chi connectivity index (χ0v) is 18.5. The molecule has 33 heavy (non-hydrogen) atoms. The molecule has 0 radical (unpaired) electrons.